The summed E-state index contributed by atoms with van der Waals surface area (Å²) in [6, 6.07) is 2.75. The lowest BCUT2D eigenvalue weighted by molar-refractivity contribution is 0.0606. The molecular weight excluding hydrogens is 294 g/mol. The molecule has 2 aromatic heterocycles. The van der Waals surface area contributed by atoms with Crippen molar-refractivity contribution in [2.45, 2.75) is 31.5 Å². The summed E-state index contributed by atoms with van der Waals surface area (Å²) in [4.78, 5) is 20.9. The molecule has 2 aliphatic rings. The molecule has 1 amide bonds. The van der Waals surface area contributed by atoms with Crippen LogP contribution in [0.4, 0.5) is 0 Å². The van der Waals surface area contributed by atoms with Crippen molar-refractivity contribution >= 4 is 5.91 Å². The Kier molecular flexibility index (Phi) is 3.65. The van der Waals surface area contributed by atoms with Crippen LogP contribution in [0.1, 0.15) is 23.2 Å². The second-order valence-electron chi connectivity index (χ2n) is 6.55. The van der Waals surface area contributed by atoms with Gasteiger partial charge < -0.3 is 9.32 Å². The SMILES string of the molecule is CN1[C@@H](Cn2cncn2)C[C@H]2CN(C(=O)c3ccoc3)CC[C@H]21. The lowest BCUT2D eigenvalue weighted by atomic mass is 9.92. The molecule has 2 aliphatic heterocycles. The number of fused-ring (bicyclic) bond motifs is 1. The monoisotopic (exact) mass is 315 g/mol. The summed E-state index contributed by atoms with van der Waals surface area (Å²) in [7, 11) is 2.19. The van der Waals surface area contributed by atoms with E-state index in [0.717, 1.165) is 32.5 Å². The average Bonchev–Trinajstić information content (AvgIpc) is 3.30. The molecule has 0 radical (unpaired) electrons. The number of furan rings is 1. The molecule has 0 N–H and O–H groups in total. The molecule has 0 bridgehead atoms. The van der Waals surface area contributed by atoms with Crippen molar-refractivity contribution in [2.24, 2.45) is 5.92 Å². The summed E-state index contributed by atoms with van der Waals surface area (Å²) < 4.78 is 6.93. The second-order valence-corrected chi connectivity index (χ2v) is 6.55. The van der Waals surface area contributed by atoms with Gasteiger partial charge in [0, 0.05) is 25.2 Å². The molecule has 0 saturated carbocycles. The van der Waals surface area contributed by atoms with Gasteiger partial charge in [-0.15, -0.1) is 0 Å². The first kappa shape index (κ1) is 14.4. The Morgan fingerprint density at radius 3 is 3.13 bits per heavy atom. The summed E-state index contributed by atoms with van der Waals surface area (Å²) in [5.74, 6) is 0.609. The van der Waals surface area contributed by atoms with Gasteiger partial charge >= 0.3 is 0 Å². The van der Waals surface area contributed by atoms with Gasteiger partial charge in [0.05, 0.1) is 18.4 Å². The largest absolute Gasteiger partial charge is 0.472 e. The predicted octanol–water partition coefficient (Wildman–Crippen LogP) is 1.11. The highest BCUT2D eigenvalue weighted by Crippen LogP contribution is 2.35. The first-order valence-electron chi connectivity index (χ1n) is 8.08. The lowest BCUT2D eigenvalue weighted by Crippen LogP contribution is -2.47. The molecule has 4 heterocycles. The van der Waals surface area contributed by atoms with Gasteiger partial charge in [-0.05, 0) is 31.9 Å². The van der Waals surface area contributed by atoms with Gasteiger partial charge in [-0.1, -0.05) is 0 Å². The van der Waals surface area contributed by atoms with Crippen molar-refractivity contribution < 1.29 is 9.21 Å². The minimum atomic E-state index is 0.0829. The van der Waals surface area contributed by atoms with E-state index < -0.39 is 0 Å². The van der Waals surface area contributed by atoms with E-state index in [4.69, 9.17) is 4.42 Å². The van der Waals surface area contributed by atoms with E-state index in [-0.39, 0.29) is 5.91 Å². The number of hydrogen-bond acceptors (Lipinski definition) is 5. The average molecular weight is 315 g/mol. The van der Waals surface area contributed by atoms with Crippen molar-refractivity contribution in [1.29, 1.82) is 0 Å². The number of amides is 1. The molecule has 0 spiro atoms. The molecule has 2 aromatic rings. The first-order valence-corrected chi connectivity index (χ1v) is 8.08. The van der Waals surface area contributed by atoms with Crippen molar-refractivity contribution in [3.05, 3.63) is 36.8 Å². The molecular formula is C16H21N5O2. The highest BCUT2D eigenvalue weighted by atomic mass is 16.3. The van der Waals surface area contributed by atoms with Gasteiger partial charge in [0.15, 0.2) is 0 Å². The van der Waals surface area contributed by atoms with Crippen LogP contribution in [-0.4, -0.2) is 62.7 Å². The van der Waals surface area contributed by atoms with E-state index in [2.05, 4.69) is 22.0 Å². The molecule has 0 aromatic carbocycles. The maximum atomic E-state index is 12.5. The number of piperidine rings is 1. The zero-order chi connectivity index (χ0) is 15.8. The van der Waals surface area contributed by atoms with Crippen LogP contribution in [0.5, 0.6) is 0 Å². The fourth-order valence-corrected chi connectivity index (χ4v) is 4.07. The molecule has 23 heavy (non-hydrogen) atoms. The maximum Gasteiger partial charge on any atom is 0.257 e. The van der Waals surface area contributed by atoms with Crippen LogP contribution in [0.3, 0.4) is 0 Å². The fraction of sp³-hybridized carbons (Fsp3) is 0.562. The Bertz CT molecular complexity index is 654. The van der Waals surface area contributed by atoms with Crippen molar-refractivity contribution in [2.75, 3.05) is 20.1 Å². The number of likely N-dealkylation sites (N-methyl/N-ethyl adjacent to an activating group) is 1. The molecule has 122 valence electrons. The van der Waals surface area contributed by atoms with Crippen molar-refractivity contribution in [3.63, 3.8) is 0 Å². The summed E-state index contributed by atoms with van der Waals surface area (Å²) in [5.41, 5.74) is 0.647. The third-order valence-electron chi connectivity index (χ3n) is 5.29. The number of hydrogen-bond donors (Lipinski definition) is 0. The Balaban J connectivity index is 1.43. The third kappa shape index (κ3) is 2.65. The molecule has 7 nitrogen and oxygen atoms in total. The standard InChI is InChI=1S/C16H21N5O2/c1-19-14(8-21-11-17-10-18-21)6-13-7-20(4-2-15(13)19)16(22)12-3-5-23-9-12/h3,5,9-11,13-15H,2,4,6-8H2,1H3/t13-,14+,15+/m0/s1. The van der Waals surface area contributed by atoms with E-state index in [1.54, 1.807) is 25.0 Å². The molecule has 4 rings (SSSR count). The van der Waals surface area contributed by atoms with Crippen LogP contribution in [0.15, 0.2) is 35.7 Å². The van der Waals surface area contributed by atoms with Gasteiger partial charge in [-0.3, -0.25) is 14.4 Å². The van der Waals surface area contributed by atoms with E-state index in [1.807, 2.05) is 9.58 Å². The van der Waals surface area contributed by atoms with Crippen molar-refractivity contribution in [1.82, 2.24) is 24.6 Å². The molecule has 0 aliphatic carbocycles. The summed E-state index contributed by atoms with van der Waals surface area (Å²) in [6.07, 6.45) is 8.55. The van der Waals surface area contributed by atoms with E-state index >= 15 is 0 Å². The van der Waals surface area contributed by atoms with Gasteiger partial charge in [0.25, 0.3) is 5.91 Å². The number of carbonyl (C=O) groups excluding carboxylic acids is 1. The summed E-state index contributed by atoms with van der Waals surface area (Å²) in [5, 5.41) is 4.21. The lowest BCUT2D eigenvalue weighted by Gasteiger charge is -2.37. The minimum absolute atomic E-state index is 0.0829. The van der Waals surface area contributed by atoms with Crippen LogP contribution in [0.25, 0.3) is 0 Å². The summed E-state index contributed by atoms with van der Waals surface area (Å²) >= 11 is 0. The fourth-order valence-electron chi connectivity index (χ4n) is 4.07. The maximum absolute atomic E-state index is 12.5. The van der Waals surface area contributed by atoms with Crippen LogP contribution >= 0.6 is 0 Å². The number of aromatic nitrogens is 3. The van der Waals surface area contributed by atoms with Gasteiger partial charge in [-0.2, -0.15) is 5.10 Å². The normalized spacial score (nSPS) is 28.0. The van der Waals surface area contributed by atoms with Gasteiger partial charge in [0.2, 0.25) is 0 Å². The van der Waals surface area contributed by atoms with Crippen molar-refractivity contribution in [3.8, 4) is 0 Å². The smallest absolute Gasteiger partial charge is 0.257 e. The van der Waals surface area contributed by atoms with Crippen LogP contribution < -0.4 is 0 Å². The number of carbonyl (C=O) groups is 1. The number of rotatable bonds is 3. The zero-order valence-electron chi connectivity index (χ0n) is 13.2. The molecule has 0 unspecified atom stereocenters. The Labute approximate surface area is 134 Å². The highest BCUT2D eigenvalue weighted by molar-refractivity contribution is 5.93. The molecule has 2 saturated heterocycles. The quantitative estimate of drug-likeness (QED) is 0.849. The Hall–Kier alpha value is -2.15. The topological polar surface area (TPSA) is 67.4 Å². The van der Waals surface area contributed by atoms with Crippen LogP contribution in [-0.2, 0) is 6.54 Å². The molecule has 3 atom stereocenters. The predicted molar refractivity (Wildman–Crippen MR) is 82.7 cm³/mol. The van der Waals surface area contributed by atoms with Gasteiger partial charge in [0.1, 0.15) is 18.9 Å². The van der Waals surface area contributed by atoms with Gasteiger partial charge in [-0.25, -0.2) is 4.98 Å². The molecule has 2 fully saturated rings. The highest BCUT2D eigenvalue weighted by Gasteiger charge is 2.43. The third-order valence-corrected chi connectivity index (χ3v) is 5.29. The minimum Gasteiger partial charge on any atom is -0.472 e. The number of likely N-dealkylation sites (tertiary alicyclic amines) is 2. The van der Waals surface area contributed by atoms with E-state index in [9.17, 15) is 4.79 Å². The van der Waals surface area contributed by atoms with Crippen LogP contribution in [0, 0.1) is 5.92 Å². The van der Waals surface area contributed by atoms with Crippen LogP contribution in [0.2, 0.25) is 0 Å². The molecule has 7 heteroatoms. The Morgan fingerprint density at radius 1 is 1.48 bits per heavy atom. The number of nitrogens with zero attached hydrogens (tertiary/aromatic N) is 5. The Morgan fingerprint density at radius 2 is 2.39 bits per heavy atom. The second kappa shape index (κ2) is 5.81. The zero-order valence-corrected chi connectivity index (χ0v) is 13.2. The van der Waals surface area contributed by atoms with E-state index in [0.29, 0.717) is 23.6 Å². The first-order chi connectivity index (χ1) is 11.2. The summed E-state index contributed by atoms with van der Waals surface area (Å²) in [6.45, 7) is 2.50. The van der Waals surface area contributed by atoms with E-state index in [1.165, 1.54) is 6.26 Å².